The highest BCUT2D eigenvalue weighted by atomic mass is 16.5. The summed E-state index contributed by atoms with van der Waals surface area (Å²) in [5.41, 5.74) is 5.58. The zero-order valence-corrected chi connectivity index (χ0v) is 11.1. The number of nitriles is 1. The molecule has 0 aliphatic heterocycles. The fourth-order valence-corrected chi connectivity index (χ4v) is 1.43. The van der Waals surface area contributed by atoms with E-state index in [-0.39, 0.29) is 11.7 Å². The van der Waals surface area contributed by atoms with Crippen molar-refractivity contribution in [1.82, 2.24) is 0 Å². The number of hydrogen-bond donors (Lipinski definition) is 1. The Kier molecular flexibility index (Phi) is 4.95. The highest BCUT2D eigenvalue weighted by Crippen LogP contribution is 2.27. The van der Waals surface area contributed by atoms with Gasteiger partial charge in [-0.15, -0.1) is 0 Å². The number of rotatable bonds is 5. The van der Waals surface area contributed by atoms with Crippen molar-refractivity contribution in [3.8, 4) is 17.6 Å². The monoisotopic (exact) mass is 260 g/mol. The lowest BCUT2D eigenvalue weighted by molar-refractivity contribution is -0.114. The van der Waals surface area contributed by atoms with Crippen LogP contribution in [0.4, 0.5) is 0 Å². The van der Waals surface area contributed by atoms with Gasteiger partial charge >= 0.3 is 0 Å². The van der Waals surface area contributed by atoms with Crippen LogP contribution in [0.1, 0.15) is 19.4 Å². The Morgan fingerprint density at radius 1 is 1.47 bits per heavy atom. The van der Waals surface area contributed by atoms with Gasteiger partial charge in [-0.1, -0.05) is 0 Å². The maximum atomic E-state index is 11.1. The van der Waals surface area contributed by atoms with E-state index in [0.29, 0.717) is 17.1 Å². The van der Waals surface area contributed by atoms with Crippen molar-refractivity contribution >= 4 is 12.0 Å². The topological polar surface area (TPSA) is 85.3 Å². The number of nitrogens with two attached hydrogens (primary N) is 1. The van der Waals surface area contributed by atoms with E-state index < -0.39 is 5.91 Å². The van der Waals surface area contributed by atoms with Gasteiger partial charge in [0, 0.05) is 11.6 Å². The molecule has 1 amide bonds. The van der Waals surface area contributed by atoms with E-state index in [0.717, 1.165) is 0 Å². The largest absolute Gasteiger partial charge is 0.497 e. The number of benzene rings is 1. The molecular weight excluding hydrogens is 244 g/mol. The van der Waals surface area contributed by atoms with E-state index in [2.05, 4.69) is 0 Å². The molecule has 0 radical (unpaired) electrons. The Labute approximate surface area is 112 Å². The molecule has 100 valence electrons. The standard InChI is InChI=1S/C14H16N2O3/c1-9(2)19-13-7-12(18-3)5-4-10(13)6-11(8-15)14(16)17/h4-7,9H,1-3H3,(H2,16,17)/b11-6+. The second kappa shape index (κ2) is 6.45. The second-order valence-corrected chi connectivity index (χ2v) is 4.10. The maximum absolute atomic E-state index is 11.1. The molecule has 0 aliphatic rings. The lowest BCUT2D eigenvalue weighted by Gasteiger charge is -2.13. The third-order valence-electron chi connectivity index (χ3n) is 2.27. The average molecular weight is 260 g/mol. The SMILES string of the molecule is COc1ccc(/C=C(\C#N)C(N)=O)c(OC(C)C)c1. The summed E-state index contributed by atoms with van der Waals surface area (Å²) in [7, 11) is 1.55. The quantitative estimate of drug-likeness (QED) is 0.647. The van der Waals surface area contributed by atoms with Crippen LogP contribution in [0.25, 0.3) is 6.08 Å². The molecule has 0 saturated carbocycles. The average Bonchev–Trinajstić information content (AvgIpc) is 2.36. The van der Waals surface area contributed by atoms with E-state index in [1.54, 1.807) is 31.4 Å². The zero-order chi connectivity index (χ0) is 14.4. The molecule has 1 rings (SSSR count). The van der Waals surface area contributed by atoms with Gasteiger partial charge in [-0.3, -0.25) is 4.79 Å². The molecule has 1 aromatic carbocycles. The summed E-state index contributed by atoms with van der Waals surface area (Å²) in [5, 5.41) is 8.85. The van der Waals surface area contributed by atoms with Gasteiger partial charge < -0.3 is 15.2 Å². The number of carbonyl (C=O) groups excluding carboxylic acids is 1. The highest BCUT2D eigenvalue weighted by molar-refractivity contribution is 6.00. The molecule has 0 aromatic heterocycles. The number of nitrogens with zero attached hydrogens (tertiary/aromatic N) is 1. The van der Waals surface area contributed by atoms with E-state index >= 15 is 0 Å². The zero-order valence-electron chi connectivity index (χ0n) is 11.1. The van der Waals surface area contributed by atoms with E-state index in [1.807, 2.05) is 13.8 Å². The number of carbonyl (C=O) groups is 1. The molecule has 0 heterocycles. The normalized spacial score (nSPS) is 11.0. The first kappa shape index (κ1) is 14.6. The Hall–Kier alpha value is -2.48. The Balaban J connectivity index is 3.26. The van der Waals surface area contributed by atoms with Gasteiger partial charge in [0.1, 0.15) is 23.1 Å². The Morgan fingerprint density at radius 3 is 2.63 bits per heavy atom. The minimum absolute atomic E-state index is 0.0432. The van der Waals surface area contributed by atoms with Crippen LogP contribution in [0.2, 0.25) is 0 Å². The lowest BCUT2D eigenvalue weighted by atomic mass is 10.1. The first-order chi connectivity index (χ1) is 8.97. The summed E-state index contributed by atoms with van der Waals surface area (Å²) in [6.07, 6.45) is 1.36. The van der Waals surface area contributed by atoms with Crippen molar-refractivity contribution in [3.63, 3.8) is 0 Å². The van der Waals surface area contributed by atoms with Crippen LogP contribution >= 0.6 is 0 Å². The summed E-state index contributed by atoms with van der Waals surface area (Å²) in [4.78, 5) is 11.1. The minimum Gasteiger partial charge on any atom is -0.497 e. The van der Waals surface area contributed by atoms with Gasteiger partial charge in [0.25, 0.3) is 5.91 Å². The number of hydrogen-bond acceptors (Lipinski definition) is 4. The van der Waals surface area contributed by atoms with E-state index in [4.69, 9.17) is 20.5 Å². The molecular formula is C14H16N2O3. The predicted molar refractivity (Wildman–Crippen MR) is 71.5 cm³/mol. The summed E-state index contributed by atoms with van der Waals surface area (Å²) in [6.45, 7) is 3.76. The van der Waals surface area contributed by atoms with Crippen LogP contribution < -0.4 is 15.2 Å². The lowest BCUT2D eigenvalue weighted by Crippen LogP contribution is -2.12. The van der Waals surface area contributed by atoms with Gasteiger partial charge in [0.2, 0.25) is 0 Å². The molecule has 0 aliphatic carbocycles. The van der Waals surface area contributed by atoms with Crippen LogP contribution in [0.5, 0.6) is 11.5 Å². The Morgan fingerprint density at radius 2 is 2.16 bits per heavy atom. The smallest absolute Gasteiger partial charge is 0.259 e. The molecule has 1 aromatic rings. The van der Waals surface area contributed by atoms with Crippen molar-refractivity contribution in [3.05, 3.63) is 29.3 Å². The molecule has 2 N–H and O–H groups in total. The van der Waals surface area contributed by atoms with Crippen LogP contribution in [-0.4, -0.2) is 19.1 Å². The summed E-state index contributed by atoms with van der Waals surface area (Å²) in [5.74, 6) is 0.391. The number of methoxy groups -OCH3 is 1. The van der Waals surface area contributed by atoms with E-state index in [1.165, 1.54) is 6.08 Å². The molecule has 19 heavy (non-hydrogen) atoms. The molecule has 0 bridgehead atoms. The van der Waals surface area contributed by atoms with Gasteiger partial charge in [0.15, 0.2) is 0 Å². The van der Waals surface area contributed by atoms with Crippen molar-refractivity contribution in [1.29, 1.82) is 5.26 Å². The van der Waals surface area contributed by atoms with Crippen molar-refractivity contribution in [2.45, 2.75) is 20.0 Å². The first-order valence-corrected chi connectivity index (χ1v) is 5.74. The predicted octanol–water partition coefficient (Wildman–Crippen LogP) is 1.87. The molecule has 0 unspecified atom stereocenters. The summed E-state index contributed by atoms with van der Waals surface area (Å²) in [6, 6.07) is 6.88. The molecule has 0 saturated heterocycles. The van der Waals surface area contributed by atoms with Crippen molar-refractivity contribution in [2.24, 2.45) is 5.73 Å². The number of ether oxygens (including phenoxy) is 2. The molecule has 0 atom stereocenters. The van der Waals surface area contributed by atoms with Crippen LogP contribution in [0, 0.1) is 11.3 Å². The fraction of sp³-hybridized carbons (Fsp3) is 0.286. The van der Waals surface area contributed by atoms with Crippen LogP contribution in [0.3, 0.4) is 0 Å². The van der Waals surface area contributed by atoms with Crippen LogP contribution in [-0.2, 0) is 4.79 Å². The third kappa shape index (κ3) is 4.03. The van der Waals surface area contributed by atoms with Gasteiger partial charge in [-0.25, -0.2) is 0 Å². The minimum atomic E-state index is -0.770. The maximum Gasteiger partial charge on any atom is 0.259 e. The number of amides is 1. The number of primary amides is 1. The van der Waals surface area contributed by atoms with Gasteiger partial charge in [-0.2, -0.15) is 5.26 Å². The molecule has 5 nitrogen and oxygen atoms in total. The second-order valence-electron chi connectivity index (χ2n) is 4.10. The fourth-order valence-electron chi connectivity index (χ4n) is 1.43. The molecule has 5 heteroatoms. The van der Waals surface area contributed by atoms with Crippen molar-refractivity contribution in [2.75, 3.05) is 7.11 Å². The van der Waals surface area contributed by atoms with Crippen LogP contribution in [0.15, 0.2) is 23.8 Å². The van der Waals surface area contributed by atoms with Gasteiger partial charge in [-0.05, 0) is 32.1 Å². The first-order valence-electron chi connectivity index (χ1n) is 5.74. The summed E-state index contributed by atoms with van der Waals surface area (Å²) >= 11 is 0. The third-order valence-corrected chi connectivity index (χ3v) is 2.27. The molecule has 0 fully saturated rings. The van der Waals surface area contributed by atoms with Crippen molar-refractivity contribution < 1.29 is 14.3 Å². The molecule has 0 spiro atoms. The Bertz CT molecular complexity index is 542. The van der Waals surface area contributed by atoms with E-state index in [9.17, 15) is 4.79 Å². The van der Waals surface area contributed by atoms with Gasteiger partial charge in [0.05, 0.1) is 13.2 Å². The highest BCUT2D eigenvalue weighted by Gasteiger charge is 2.09. The summed E-state index contributed by atoms with van der Waals surface area (Å²) < 4.78 is 10.7.